The van der Waals surface area contributed by atoms with E-state index in [1.807, 2.05) is 48.5 Å². The molecule has 0 fully saturated rings. The Balaban J connectivity index is 1.80. The Morgan fingerprint density at radius 2 is 1.79 bits per heavy atom. The number of aryl methyl sites for hydroxylation is 1. The van der Waals surface area contributed by atoms with E-state index in [0.29, 0.717) is 34.1 Å². The normalized spacial score (nSPS) is 11.1. The summed E-state index contributed by atoms with van der Waals surface area (Å²) >= 11 is 6.03. The summed E-state index contributed by atoms with van der Waals surface area (Å²) in [6, 6.07) is 16.9. The van der Waals surface area contributed by atoms with Crippen LogP contribution < -0.4 is 15.1 Å². The monoisotopic (exact) mass is 394 g/mol. The van der Waals surface area contributed by atoms with Crippen LogP contribution >= 0.6 is 11.6 Å². The SMILES string of the molecule is CCc1ccc2c(c1)c(=O)oc1cc(OCc3cccc(Cl)c3)c(OC)cc12. The van der Waals surface area contributed by atoms with Gasteiger partial charge in [-0.2, -0.15) is 0 Å². The Bertz CT molecular complexity index is 1230. The number of hydrogen-bond donors (Lipinski definition) is 0. The highest BCUT2D eigenvalue weighted by Gasteiger charge is 2.14. The second-order valence-corrected chi connectivity index (χ2v) is 6.98. The van der Waals surface area contributed by atoms with Crippen molar-refractivity contribution in [2.24, 2.45) is 0 Å². The van der Waals surface area contributed by atoms with Crippen LogP contribution in [0.4, 0.5) is 0 Å². The molecule has 0 aliphatic rings. The minimum absolute atomic E-state index is 0.320. The van der Waals surface area contributed by atoms with Gasteiger partial charge >= 0.3 is 5.63 Å². The van der Waals surface area contributed by atoms with Gasteiger partial charge in [-0.15, -0.1) is 0 Å². The Hall–Kier alpha value is -2.98. The van der Waals surface area contributed by atoms with E-state index in [0.717, 1.165) is 28.3 Å². The van der Waals surface area contributed by atoms with Crippen molar-refractivity contribution in [3.63, 3.8) is 0 Å². The van der Waals surface area contributed by atoms with E-state index in [-0.39, 0.29) is 5.63 Å². The fourth-order valence-corrected chi connectivity index (χ4v) is 3.48. The molecule has 0 spiro atoms. The van der Waals surface area contributed by atoms with Crippen LogP contribution in [0.2, 0.25) is 5.02 Å². The molecular formula is C23H19ClO4. The minimum Gasteiger partial charge on any atom is -0.493 e. The van der Waals surface area contributed by atoms with Crippen molar-refractivity contribution in [3.8, 4) is 11.5 Å². The first-order valence-electron chi connectivity index (χ1n) is 9.03. The molecule has 0 N–H and O–H groups in total. The van der Waals surface area contributed by atoms with Crippen molar-refractivity contribution in [2.75, 3.05) is 7.11 Å². The second kappa shape index (κ2) is 7.56. The van der Waals surface area contributed by atoms with Crippen LogP contribution in [0.5, 0.6) is 11.5 Å². The predicted octanol–water partition coefficient (Wildman–Crippen LogP) is 5.75. The fraction of sp³-hybridized carbons (Fsp3) is 0.174. The summed E-state index contributed by atoms with van der Waals surface area (Å²) in [4.78, 5) is 12.5. The van der Waals surface area contributed by atoms with E-state index in [4.69, 9.17) is 25.5 Å². The van der Waals surface area contributed by atoms with Gasteiger partial charge in [-0.05, 0) is 41.8 Å². The molecule has 0 amide bonds. The Labute approximate surface area is 167 Å². The van der Waals surface area contributed by atoms with Crippen LogP contribution in [0, 0.1) is 0 Å². The largest absolute Gasteiger partial charge is 0.493 e. The molecule has 1 aromatic heterocycles. The Morgan fingerprint density at radius 1 is 0.929 bits per heavy atom. The molecule has 0 bridgehead atoms. The van der Waals surface area contributed by atoms with E-state index in [9.17, 15) is 4.79 Å². The number of methoxy groups -OCH3 is 1. The average molecular weight is 395 g/mol. The second-order valence-electron chi connectivity index (χ2n) is 6.54. The van der Waals surface area contributed by atoms with Gasteiger partial charge in [0.1, 0.15) is 12.2 Å². The maximum atomic E-state index is 12.5. The first-order valence-corrected chi connectivity index (χ1v) is 9.41. The summed E-state index contributed by atoms with van der Waals surface area (Å²) in [6.07, 6.45) is 0.854. The lowest BCUT2D eigenvalue weighted by atomic mass is 10.0. The van der Waals surface area contributed by atoms with Crippen LogP contribution in [0.15, 0.2) is 63.8 Å². The topological polar surface area (TPSA) is 48.7 Å². The number of benzene rings is 3. The standard InChI is InChI=1S/C23H19ClO4/c1-3-14-7-8-17-18-11-21(26-2)22(12-20(18)28-23(25)19(17)10-14)27-13-15-5-4-6-16(24)9-15/h4-12H,3,13H2,1-2H3. The van der Waals surface area contributed by atoms with Gasteiger partial charge in [0, 0.05) is 21.9 Å². The number of ether oxygens (including phenoxy) is 2. The third-order valence-electron chi connectivity index (χ3n) is 4.75. The van der Waals surface area contributed by atoms with Gasteiger partial charge in [-0.3, -0.25) is 0 Å². The molecule has 4 nitrogen and oxygen atoms in total. The third-order valence-corrected chi connectivity index (χ3v) is 4.99. The lowest BCUT2D eigenvalue weighted by molar-refractivity contribution is 0.284. The quantitative estimate of drug-likeness (QED) is 0.319. The maximum absolute atomic E-state index is 12.5. The molecule has 5 heteroatoms. The molecule has 0 radical (unpaired) electrons. The van der Waals surface area contributed by atoms with Crippen molar-refractivity contribution < 1.29 is 13.9 Å². The van der Waals surface area contributed by atoms with Crippen molar-refractivity contribution >= 4 is 33.3 Å². The number of hydrogen-bond acceptors (Lipinski definition) is 4. The van der Waals surface area contributed by atoms with Gasteiger partial charge in [-0.1, -0.05) is 42.8 Å². The van der Waals surface area contributed by atoms with E-state index in [1.54, 1.807) is 13.2 Å². The predicted molar refractivity (Wildman–Crippen MR) is 112 cm³/mol. The number of fused-ring (bicyclic) bond motifs is 3. The van der Waals surface area contributed by atoms with E-state index >= 15 is 0 Å². The molecule has 4 aromatic rings. The first kappa shape index (κ1) is 18.4. The Kier molecular flexibility index (Phi) is 4.97. The van der Waals surface area contributed by atoms with Crippen LogP contribution in [-0.2, 0) is 13.0 Å². The van der Waals surface area contributed by atoms with Crippen molar-refractivity contribution in [1.29, 1.82) is 0 Å². The van der Waals surface area contributed by atoms with Gasteiger partial charge in [0.05, 0.1) is 12.5 Å². The van der Waals surface area contributed by atoms with Crippen molar-refractivity contribution in [1.82, 2.24) is 0 Å². The molecule has 0 atom stereocenters. The molecule has 0 aliphatic heterocycles. The molecule has 1 heterocycles. The summed E-state index contributed by atoms with van der Waals surface area (Å²) < 4.78 is 17.0. The van der Waals surface area contributed by atoms with E-state index in [2.05, 4.69) is 6.92 Å². The zero-order chi connectivity index (χ0) is 19.7. The molecule has 0 saturated heterocycles. The molecule has 0 unspecified atom stereocenters. The number of halogens is 1. The van der Waals surface area contributed by atoms with Crippen LogP contribution in [0.25, 0.3) is 21.7 Å². The third kappa shape index (κ3) is 3.43. The van der Waals surface area contributed by atoms with Crippen molar-refractivity contribution in [2.45, 2.75) is 20.0 Å². The smallest absolute Gasteiger partial charge is 0.344 e. The highest BCUT2D eigenvalue weighted by Crippen LogP contribution is 2.35. The van der Waals surface area contributed by atoms with Crippen LogP contribution in [0.1, 0.15) is 18.1 Å². The van der Waals surface area contributed by atoms with Gasteiger partial charge in [0.15, 0.2) is 11.5 Å². The highest BCUT2D eigenvalue weighted by molar-refractivity contribution is 6.30. The zero-order valence-corrected chi connectivity index (χ0v) is 16.4. The van der Waals surface area contributed by atoms with Gasteiger partial charge in [0.2, 0.25) is 0 Å². The number of rotatable bonds is 5. The lowest BCUT2D eigenvalue weighted by Gasteiger charge is -2.13. The molecule has 0 aliphatic carbocycles. The fourth-order valence-electron chi connectivity index (χ4n) is 3.27. The molecule has 4 rings (SSSR count). The maximum Gasteiger partial charge on any atom is 0.344 e. The van der Waals surface area contributed by atoms with Crippen LogP contribution in [-0.4, -0.2) is 7.11 Å². The summed E-state index contributed by atoms with van der Waals surface area (Å²) in [7, 11) is 1.59. The lowest BCUT2D eigenvalue weighted by Crippen LogP contribution is -2.02. The average Bonchev–Trinajstić information content (AvgIpc) is 2.71. The first-order chi connectivity index (χ1) is 13.6. The van der Waals surface area contributed by atoms with E-state index in [1.165, 1.54) is 0 Å². The minimum atomic E-state index is -0.358. The van der Waals surface area contributed by atoms with Crippen LogP contribution in [0.3, 0.4) is 0 Å². The summed E-state index contributed by atoms with van der Waals surface area (Å²) in [6.45, 7) is 2.37. The summed E-state index contributed by atoms with van der Waals surface area (Å²) in [5.41, 5.74) is 2.13. The molecule has 3 aromatic carbocycles. The molecule has 0 saturated carbocycles. The summed E-state index contributed by atoms with van der Waals surface area (Å²) in [5, 5.41) is 2.87. The van der Waals surface area contributed by atoms with Gasteiger partial charge < -0.3 is 13.9 Å². The van der Waals surface area contributed by atoms with Gasteiger partial charge in [-0.25, -0.2) is 4.79 Å². The van der Waals surface area contributed by atoms with Gasteiger partial charge in [0.25, 0.3) is 0 Å². The molecule has 142 valence electrons. The highest BCUT2D eigenvalue weighted by atomic mass is 35.5. The van der Waals surface area contributed by atoms with Crippen molar-refractivity contribution in [3.05, 3.63) is 81.2 Å². The molecular weight excluding hydrogens is 376 g/mol. The summed E-state index contributed by atoms with van der Waals surface area (Å²) in [5.74, 6) is 1.08. The Morgan fingerprint density at radius 3 is 2.54 bits per heavy atom. The molecule has 28 heavy (non-hydrogen) atoms. The van der Waals surface area contributed by atoms with E-state index < -0.39 is 0 Å². The zero-order valence-electron chi connectivity index (χ0n) is 15.6.